The molecule has 7 nitrogen and oxygen atoms in total. The molecule has 0 bridgehead atoms. The highest BCUT2D eigenvalue weighted by atomic mass is 32.2. The summed E-state index contributed by atoms with van der Waals surface area (Å²) in [6.07, 6.45) is 1.08. The van der Waals surface area contributed by atoms with E-state index in [4.69, 9.17) is 0 Å². The van der Waals surface area contributed by atoms with Crippen LogP contribution in [-0.4, -0.2) is 37.3 Å². The topological polar surface area (TPSA) is 95.6 Å². The van der Waals surface area contributed by atoms with Gasteiger partial charge in [-0.05, 0) is 42.3 Å². The van der Waals surface area contributed by atoms with Crippen LogP contribution in [0.15, 0.2) is 48.5 Å². The average molecular weight is 389 g/mol. The summed E-state index contributed by atoms with van der Waals surface area (Å²) in [5.74, 6) is -0.631. The molecule has 0 saturated carbocycles. The molecule has 2 rings (SSSR count). The molecule has 2 amide bonds. The van der Waals surface area contributed by atoms with Crippen LogP contribution in [0.25, 0.3) is 0 Å². The number of rotatable bonds is 7. The van der Waals surface area contributed by atoms with E-state index in [0.29, 0.717) is 11.4 Å². The van der Waals surface area contributed by atoms with Gasteiger partial charge in [-0.25, -0.2) is 8.42 Å². The molecule has 0 heterocycles. The molecule has 0 atom stereocenters. The summed E-state index contributed by atoms with van der Waals surface area (Å²) < 4.78 is 25.3. The quantitative estimate of drug-likeness (QED) is 0.760. The van der Waals surface area contributed by atoms with E-state index in [-0.39, 0.29) is 19.0 Å². The molecule has 0 aliphatic carbocycles. The van der Waals surface area contributed by atoms with Crippen LogP contribution in [0.3, 0.4) is 0 Å². The number of hydrogen-bond acceptors (Lipinski definition) is 4. The van der Waals surface area contributed by atoms with Gasteiger partial charge in [0.1, 0.15) is 0 Å². The lowest BCUT2D eigenvalue weighted by molar-refractivity contribution is -0.116. The molecule has 2 N–H and O–H groups in total. The van der Waals surface area contributed by atoms with Crippen molar-refractivity contribution in [2.45, 2.75) is 20.4 Å². The smallest absolute Gasteiger partial charge is 0.239 e. The van der Waals surface area contributed by atoms with E-state index >= 15 is 0 Å². The van der Waals surface area contributed by atoms with E-state index in [9.17, 15) is 18.0 Å². The minimum atomic E-state index is -3.56. The zero-order valence-electron chi connectivity index (χ0n) is 15.5. The lowest BCUT2D eigenvalue weighted by Crippen LogP contribution is -2.37. The normalized spacial score (nSPS) is 11.3. The van der Waals surface area contributed by atoms with E-state index < -0.39 is 15.9 Å². The van der Waals surface area contributed by atoms with E-state index in [1.165, 1.54) is 6.92 Å². The number of carbonyl (C=O) groups excluding carboxylic acids is 2. The van der Waals surface area contributed by atoms with E-state index in [1.54, 1.807) is 24.3 Å². The van der Waals surface area contributed by atoms with Crippen LogP contribution in [0.5, 0.6) is 0 Å². The third kappa shape index (κ3) is 6.50. The molecule has 0 fully saturated rings. The summed E-state index contributed by atoms with van der Waals surface area (Å²) in [5, 5.41) is 5.30. The number of amides is 2. The highest BCUT2D eigenvalue weighted by Gasteiger charge is 2.21. The zero-order chi connectivity index (χ0) is 20.0. The molecule has 0 saturated heterocycles. The van der Waals surface area contributed by atoms with Crippen LogP contribution >= 0.6 is 0 Å². The number of nitrogens with one attached hydrogen (secondary N) is 2. The molecular formula is C19H23N3O4S. The molecule has 0 aliphatic heterocycles. The zero-order valence-corrected chi connectivity index (χ0v) is 16.3. The largest absolute Gasteiger partial charge is 0.326 e. The van der Waals surface area contributed by atoms with Crippen molar-refractivity contribution >= 4 is 33.2 Å². The molecule has 8 heteroatoms. The fraction of sp³-hybridized carbons (Fsp3) is 0.263. The number of carbonyl (C=O) groups is 2. The van der Waals surface area contributed by atoms with Gasteiger partial charge in [-0.3, -0.25) is 9.59 Å². The predicted octanol–water partition coefficient (Wildman–Crippen LogP) is 2.35. The molecule has 2 aromatic carbocycles. The summed E-state index contributed by atoms with van der Waals surface area (Å²) in [6.45, 7) is 3.14. The van der Waals surface area contributed by atoms with Crippen LogP contribution < -0.4 is 10.6 Å². The third-order valence-corrected chi connectivity index (χ3v) is 5.08. The van der Waals surface area contributed by atoms with Gasteiger partial charge in [0, 0.05) is 24.8 Å². The van der Waals surface area contributed by atoms with Crippen LogP contribution in [-0.2, 0) is 26.2 Å². The van der Waals surface area contributed by atoms with Crippen LogP contribution in [0.1, 0.15) is 18.1 Å². The number of nitrogens with zero attached hydrogens (tertiary/aromatic N) is 1. The van der Waals surface area contributed by atoms with Crippen LogP contribution in [0, 0.1) is 6.92 Å². The van der Waals surface area contributed by atoms with Crippen molar-refractivity contribution < 1.29 is 18.0 Å². The summed E-state index contributed by atoms with van der Waals surface area (Å²) in [5.41, 5.74) is 2.92. The van der Waals surface area contributed by atoms with Crippen molar-refractivity contribution in [2.75, 3.05) is 23.4 Å². The summed E-state index contributed by atoms with van der Waals surface area (Å²) >= 11 is 0. The second-order valence-electron chi connectivity index (χ2n) is 6.26. The number of aryl methyl sites for hydroxylation is 1. The Labute approximate surface area is 159 Å². The monoisotopic (exact) mass is 389 g/mol. The van der Waals surface area contributed by atoms with Crippen LogP contribution in [0.2, 0.25) is 0 Å². The van der Waals surface area contributed by atoms with Gasteiger partial charge in [0.15, 0.2) is 0 Å². The Morgan fingerprint density at radius 3 is 2.04 bits per heavy atom. The number of sulfonamides is 1. The first-order chi connectivity index (χ1) is 12.6. The van der Waals surface area contributed by atoms with Crippen molar-refractivity contribution in [2.24, 2.45) is 0 Å². The standard InChI is InChI=1S/C19H23N3O4S/c1-14-6-4-5-7-16(14)12-22(27(3,25)26)13-19(24)21-18-10-8-17(9-11-18)20-15(2)23/h4-11H,12-13H2,1-3H3,(H,20,23)(H,21,24). The molecule has 0 unspecified atom stereocenters. The van der Waals surface area contributed by atoms with Crippen molar-refractivity contribution in [3.05, 3.63) is 59.7 Å². The summed E-state index contributed by atoms with van der Waals surface area (Å²) in [7, 11) is -3.56. The minimum absolute atomic E-state index is 0.125. The Balaban J connectivity index is 2.05. The second-order valence-corrected chi connectivity index (χ2v) is 8.25. The Kier molecular flexibility index (Phi) is 6.70. The van der Waals surface area contributed by atoms with Gasteiger partial charge in [0.2, 0.25) is 21.8 Å². The second kappa shape index (κ2) is 8.79. The Morgan fingerprint density at radius 2 is 1.52 bits per heavy atom. The van der Waals surface area contributed by atoms with Gasteiger partial charge >= 0.3 is 0 Å². The number of hydrogen-bond donors (Lipinski definition) is 2. The number of benzene rings is 2. The molecule has 27 heavy (non-hydrogen) atoms. The maximum Gasteiger partial charge on any atom is 0.239 e. The lowest BCUT2D eigenvalue weighted by Gasteiger charge is -2.20. The Hall–Kier alpha value is -2.71. The molecule has 0 radical (unpaired) electrons. The maximum atomic E-state index is 12.3. The first kappa shape index (κ1) is 20.6. The molecule has 0 aromatic heterocycles. The molecule has 144 valence electrons. The molecule has 0 spiro atoms. The Bertz CT molecular complexity index is 924. The van der Waals surface area contributed by atoms with Gasteiger partial charge in [0.25, 0.3) is 0 Å². The Morgan fingerprint density at radius 1 is 0.963 bits per heavy atom. The van der Waals surface area contributed by atoms with Crippen molar-refractivity contribution in [3.8, 4) is 0 Å². The molecule has 2 aromatic rings. The summed E-state index contributed by atoms with van der Waals surface area (Å²) in [4.78, 5) is 23.3. The van der Waals surface area contributed by atoms with Crippen LogP contribution in [0.4, 0.5) is 11.4 Å². The fourth-order valence-electron chi connectivity index (χ4n) is 2.47. The third-order valence-electron chi connectivity index (χ3n) is 3.89. The lowest BCUT2D eigenvalue weighted by atomic mass is 10.1. The van der Waals surface area contributed by atoms with Gasteiger partial charge in [-0.2, -0.15) is 4.31 Å². The summed E-state index contributed by atoms with van der Waals surface area (Å²) in [6, 6.07) is 14.0. The highest BCUT2D eigenvalue weighted by molar-refractivity contribution is 7.88. The van der Waals surface area contributed by atoms with E-state index in [2.05, 4.69) is 10.6 Å². The first-order valence-electron chi connectivity index (χ1n) is 8.32. The molecule has 0 aliphatic rings. The molecular weight excluding hydrogens is 366 g/mol. The van der Waals surface area contributed by atoms with Crippen molar-refractivity contribution in [1.29, 1.82) is 0 Å². The van der Waals surface area contributed by atoms with Gasteiger partial charge < -0.3 is 10.6 Å². The van der Waals surface area contributed by atoms with Gasteiger partial charge in [-0.15, -0.1) is 0 Å². The number of anilines is 2. The van der Waals surface area contributed by atoms with Gasteiger partial charge in [-0.1, -0.05) is 24.3 Å². The predicted molar refractivity (Wildman–Crippen MR) is 106 cm³/mol. The first-order valence-corrected chi connectivity index (χ1v) is 10.2. The maximum absolute atomic E-state index is 12.3. The van der Waals surface area contributed by atoms with Gasteiger partial charge in [0.05, 0.1) is 12.8 Å². The average Bonchev–Trinajstić information content (AvgIpc) is 2.56. The van der Waals surface area contributed by atoms with Crippen molar-refractivity contribution in [3.63, 3.8) is 0 Å². The minimum Gasteiger partial charge on any atom is -0.326 e. The van der Waals surface area contributed by atoms with E-state index in [0.717, 1.165) is 21.7 Å². The van der Waals surface area contributed by atoms with E-state index in [1.807, 2.05) is 31.2 Å². The fourth-order valence-corrected chi connectivity index (χ4v) is 3.19. The SMILES string of the molecule is CC(=O)Nc1ccc(NC(=O)CN(Cc2ccccc2C)S(C)(=O)=O)cc1. The van der Waals surface area contributed by atoms with Crippen molar-refractivity contribution in [1.82, 2.24) is 4.31 Å². The highest BCUT2D eigenvalue weighted by Crippen LogP contribution is 2.15.